The minimum absolute atomic E-state index is 0.655. The molecule has 0 aliphatic carbocycles. The van der Waals surface area contributed by atoms with Gasteiger partial charge in [-0.3, -0.25) is 9.80 Å². The summed E-state index contributed by atoms with van der Waals surface area (Å²) in [5.74, 6) is 0.808. The van der Waals surface area contributed by atoms with Crippen molar-refractivity contribution in [2.24, 2.45) is 4.99 Å². The zero-order valence-corrected chi connectivity index (χ0v) is 24.9. The fourth-order valence-electron chi connectivity index (χ4n) is 4.66. The molecule has 6 nitrogen and oxygen atoms in total. The van der Waals surface area contributed by atoms with Crippen LogP contribution in [0, 0.1) is 0 Å². The Kier molecular flexibility index (Phi) is 10.6. The van der Waals surface area contributed by atoms with E-state index in [2.05, 4.69) is 98.5 Å². The molecule has 3 aromatic rings. The van der Waals surface area contributed by atoms with E-state index in [0.717, 1.165) is 83.8 Å². The number of likely N-dealkylation sites (N-methyl/N-ethyl adjacent to an activating group) is 1. The maximum atomic E-state index is 6.05. The quantitative estimate of drug-likeness (QED) is 0.218. The Balaban J connectivity index is 1.44. The molecule has 0 bridgehead atoms. The van der Waals surface area contributed by atoms with Gasteiger partial charge in [0.2, 0.25) is 0 Å². The SMILES string of the molecule is CCCN(CC)Cc1ccc(C2=Nc3c(ncc(Br)c3NCCN(CC)Cc3ccc(Cl)cc3)NC2)cc1. The van der Waals surface area contributed by atoms with Gasteiger partial charge in [-0.1, -0.05) is 68.8 Å². The number of aliphatic imine (C=N–C) groups is 1. The second-order valence-electron chi connectivity index (χ2n) is 9.58. The van der Waals surface area contributed by atoms with Gasteiger partial charge >= 0.3 is 0 Å². The lowest BCUT2D eigenvalue weighted by Crippen LogP contribution is -2.29. The molecule has 0 fully saturated rings. The zero-order valence-electron chi connectivity index (χ0n) is 22.6. The van der Waals surface area contributed by atoms with E-state index >= 15 is 0 Å². The van der Waals surface area contributed by atoms with E-state index in [1.807, 2.05) is 18.3 Å². The Morgan fingerprint density at radius 2 is 1.55 bits per heavy atom. The van der Waals surface area contributed by atoms with Crippen molar-refractivity contribution in [3.63, 3.8) is 0 Å². The van der Waals surface area contributed by atoms with Gasteiger partial charge in [-0.25, -0.2) is 9.98 Å². The minimum atomic E-state index is 0.655. The molecule has 0 amide bonds. The summed E-state index contributed by atoms with van der Waals surface area (Å²) >= 11 is 9.74. The second kappa shape index (κ2) is 14.1. The van der Waals surface area contributed by atoms with Gasteiger partial charge < -0.3 is 10.6 Å². The molecule has 1 aliphatic rings. The van der Waals surface area contributed by atoms with Crippen molar-refractivity contribution < 1.29 is 0 Å². The van der Waals surface area contributed by atoms with Gasteiger partial charge in [0.05, 0.1) is 22.4 Å². The first-order valence-electron chi connectivity index (χ1n) is 13.5. The lowest BCUT2D eigenvalue weighted by molar-refractivity contribution is 0.280. The third-order valence-corrected chi connectivity index (χ3v) is 7.71. The van der Waals surface area contributed by atoms with Crippen molar-refractivity contribution in [1.82, 2.24) is 14.8 Å². The van der Waals surface area contributed by atoms with E-state index < -0.39 is 0 Å². The molecule has 2 N–H and O–H groups in total. The Morgan fingerprint density at radius 3 is 2.18 bits per heavy atom. The van der Waals surface area contributed by atoms with Crippen molar-refractivity contribution in [3.05, 3.63) is 80.9 Å². The van der Waals surface area contributed by atoms with E-state index in [-0.39, 0.29) is 0 Å². The molecule has 0 saturated heterocycles. The lowest BCUT2D eigenvalue weighted by atomic mass is 10.1. The smallest absolute Gasteiger partial charge is 0.154 e. The van der Waals surface area contributed by atoms with Crippen LogP contribution < -0.4 is 10.6 Å². The van der Waals surface area contributed by atoms with E-state index in [4.69, 9.17) is 16.6 Å². The third kappa shape index (κ3) is 7.56. The molecule has 0 saturated carbocycles. The summed E-state index contributed by atoms with van der Waals surface area (Å²) in [6.45, 7) is 14.0. The lowest BCUT2D eigenvalue weighted by Gasteiger charge is -2.24. The van der Waals surface area contributed by atoms with Gasteiger partial charge in [-0.15, -0.1) is 0 Å². The van der Waals surface area contributed by atoms with Gasteiger partial charge in [-0.2, -0.15) is 0 Å². The largest absolute Gasteiger partial charge is 0.381 e. The number of hydrogen-bond donors (Lipinski definition) is 2. The van der Waals surface area contributed by atoms with Crippen LogP contribution in [0.1, 0.15) is 43.9 Å². The van der Waals surface area contributed by atoms with Crippen molar-refractivity contribution in [2.75, 3.05) is 49.9 Å². The number of nitrogens with zero attached hydrogens (tertiary/aromatic N) is 4. The topological polar surface area (TPSA) is 55.8 Å². The number of nitrogens with one attached hydrogen (secondary N) is 2. The van der Waals surface area contributed by atoms with Crippen LogP contribution in [-0.2, 0) is 13.1 Å². The Hall–Kier alpha value is -2.45. The summed E-state index contributed by atoms with van der Waals surface area (Å²) in [6.07, 6.45) is 3.01. The first kappa shape index (κ1) is 28.6. The maximum Gasteiger partial charge on any atom is 0.154 e. The molecule has 2 aromatic carbocycles. The Morgan fingerprint density at radius 1 is 0.921 bits per heavy atom. The average molecular weight is 598 g/mol. The van der Waals surface area contributed by atoms with E-state index in [9.17, 15) is 0 Å². The standard InChI is InChI=1S/C30H38BrClN6/c1-4-16-37(5-2)20-22-7-11-24(12-8-22)27-19-35-30-29(36-27)28(26(31)18-34-30)33-15-17-38(6-3)21-23-9-13-25(32)14-10-23/h7-14,18H,4-6,15-17,19-21H2,1-3H3,(H2,33,34,35). The molecule has 0 radical (unpaired) electrons. The van der Waals surface area contributed by atoms with Crippen molar-refractivity contribution >= 4 is 50.4 Å². The molecular weight excluding hydrogens is 560 g/mol. The highest BCUT2D eigenvalue weighted by atomic mass is 79.9. The number of pyridine rings is 1. The van der Waals surface area contributed by atoms with Crippen LogP contribution in [0.3, 0.4) is 0 Å². The number of anilines is 2. The maximum absolute atomic E-state index is 6.05. The zero-order chi connectivity index (χ0) is 26.9. The van der Waals surface area contributed by atoms with Crippen LogP contribution in [0.5, 0.6) is 0 Å². The van der Waals surface area contributed by atoms with Gasteiger partial charge in [-0.05, 0) is 70.8 Å². The van der Waals surface area contributed by atoms with Gasteiger partial charge in [0.1, 0.15) is 5.69 Å². The van der Waals surface area contributed by atoms with Crippen molar-refractivity contribution in [1.29, 1.82) is 0 Å². The van der Waals surface area contributed by atoms with E-state index in [1.165, 1.54) is 17.5 Å². The molecule has 4 rings (SSSR count). The number of halogens is 2. The number of benzene rings is 2. The van der Waals surface area contributed by atoms with Crippen molar-refractivity contribution in [3.8, 4) is 0 Å². The fourth-order valence-corrected chi connectivity index (χ4v) is 5.21. The second-order valence-corrected chi connectivity index (χ2v) is 10.9. The predicted molar refractivity (Wildman–Crippen MR) is 165 cm³/mol. The number of hydrogen-bond acceptors (Lipinski definition) is 6. The highest BCUT2D eigenvalue weighted by molar-refractivity contribution is 9.10. The molecule has 0 atom stereocenters. The summed E-state index contributed by atoms with van der Waals surface area (Å²) in [5.41, 5.74) is 6.57. The van der Waals surface area contributed by atoms with Crippen LogP contribution in [0.25, 0.3) is 0 Å². The first-order chi connectivity index (χ1) is 18.5. The summed E-state index contributed by atoms with van der Waals surface area (Å²) in [4.78, 5) is 14.5. The summed E-state index contributed by atoms with van der Waals surface area (Å²) in [7, 11) is 0. The summed E-state index contributed by atoms with van der Waals surface area (Å²) in [5, 5.41) is 7.86. The van der Waals surface area contributed by atoms with Gasteiger partial charge in [0.15, 0.2) is 5.82 Å². The fraction of sp³-hybridized carbons (Fsp3) is 0.400. The van der Waals surface area contributed by atoms with Crippen LogP contribution in [-0.4, -0.2) is 59.8 Å². The molecular formula is C30H38BrClN6. The molecule has 0 unspecified atom stereocenters. The van der Waals surface area contributed by atoms with Crippen LogP contribution in [0.2, 0.25) is 5.02 Å². The summed E-state index contributed by atoms with van der Waals surface area (Å²) < 4.78 is 0.912. The average Bonchev–Trinajstić information content (AvgIpc) is 2.94. The van der Waals surface area contributed by atoms with E-state index in [0.29, 0.717) is 6.54 Å². The molecule has 38 heavy (non-hydrogen) atoms. The van der Waals surface area contributed by atoms with Gasteiger partial charge in [0.25, 0.3) is 0 Å². The van der Waals surface area contributed by atoms with Crippen LogP contribution in [0.4, 0.5) is 17.2 Å². The Labute approximate surface area is 240 Å². The molecule has 202 valence electrons. The minimum Gasteiger partial charge on any atom is -0.381 e. The van der Waals surface area contributed by atoms with E-state index in [1.54, 1.807) is 0 Å². The molecule has 2 heterocycles. The normalized spacial score (nSPS) is 12.9. The number of aromatic nitrogens is 1. The van der Waals surface area contributed by atoms with Gasteiger partial charge in [0, 0.05) is 37.4 Å². The van der Waals surface area contributed by atoms with Crippen LogP contribution >= 0.6 is 27.5 Å². The predicted octanol–water partition coefficient (Wildman–Crippen LogP) is 7.21. The molecule has 8 heteroatoms. The highest BCUT2D eigenvalue weighted by Gasteiger charge is 2.20. The first-order valence-corrected chi connectivity index (χ1v) is 14.7. The highest BCUT2D eigenvalue weighted by Crippen LogP contribution is 2.39. The molecule has 0 spiro atoms. The van der Waals surface area contributed by atoms with Crippen molar-refractivity contribution in [2.45, 2.75) is 40.3 Å². The number of fused-ring (bicyclic) bond motifs is 1. The monoisotopic (exact) mass is 596 g/mol. The third-order valence-electron chi connectivity index (χ3n) is 6.85. The molecule has 1 aliphatic heterocycles. The summed E-state index contributed by atoms with van der Waals surface area (Å²) in [6, 6.07) is 16.9. The van der Waals surface area contributed by atoms with Crippen LogP contribution in [0.15, 0.2) is 64.2 Å². The Bertz CT molecular complexity index is 1210. The molecule has 1 aromatic heterocycles. The number of rotatable bonds is 13.